The van der Waals surface area contributed by atoms with E-state index in [1.165, 1.54) is 24.3 Å². The van der Waals surface area contributed by atoms with Crippen molar-refractivity contribution in [3.63, 3.8) is 0 Å². The van der Waals surface area contributed by atoms with Gasteiger partial charge in [0.15, 0.2) is 0 Å². The third-order valence-electron chi connectivity index (χ3n) is 3.04. The van der Waals surface area contributed by atoms with E-state index in [1.807, 2.05) is 0 Å². The molecule has 0 fully saturated rings. The highest BCUT2D eigenvalue weighted by Gasteiger charge is 2.34. The summed E-state index contributed by atoms with van der Waals surface area (Å²) in [5.41, 5.74) is -0.936. The van der Waals surface area contributed by atoms with Gasteiger partial charge in [0.1, 0.15) is 0 Å². The van der Waals surface area contributed by atoms with Crippen LogP contribution in [-0.4, -0.2) is 22.2 Å². The van der Waals surface area contributed by atoms with Gasteiger partial charge >= 0.3 is 18.1 Å². The van der Waals surface area contributed by atoms with Crippen LogP contribution in [0.3, 0.4) is 0 Å². The molecule has 126 valence electrons. The lowest BCUT2D eigenvalue weighted by atomic mass is 10.1. The molecule has 0 amide bonds. The number of halogens is 3. The second kappa shape index (κ2) is 6.96. The number of benzene rings is 2. The quantitative estimate of drug-likeness (QED) is 0.841. The number of carboxylic acid groups (broad SMARTS) is 2. The maximum Gasteiger partial charge on any atom is 0.417 e. The average molecular weight is 356 g/mol. The van der Waals surface area contributed by atoms with E-state index in [4.69, 9.17) is 10.2 Å². The Morgan fingerprint density at radius 1 is 1.00 bits per heavy atom. The third-order valence-corrected chi connectivity index (χ3v) is 4.12. The summed E-state index contributed by atoms with van der Waals surface area (Å²) in [5, 5.41) is 17.5. The van der Waals surface area contributed by atoms with Gasteiger partial charge in [-0.25, -0.2) is 4.79 Å². The average Bonchev–Trinajstić information content (AvgIpc) is 2.48. The summed E-state index contributed by atoms with van der Waals surface area (Å²) >= 11 is 0.829. The van der Waals surface area contributed by atoms with Crippen molar-refractivity contribution >= 4 is 23.7 Å². The van der Waals surface area contributed by atoms with Crippen LogP contribution in [0.25, 0.3) is 0 Å². The van der Waals surface area contributed by atoms with Crippen LogP contribution in [0, 0.1) is 0 Å². The van der Waals surface area contributed by atoms with Gasteiger partial charge in [-0.2, -0.15) is 13.2 Å². The summed E-state index contributed by atoms with van der Waals surface area (Å²) in [7, 11) is 0. The fraction of sp³-hybridized carbons (Fsp3) is 0.125. The standard InChI is InChI=1S/C16H11F3O4S/c17-16(18,19)12-8-10(15(22)23)3-6-13(12)24-11-4-1-9(2-5-11)7-14(20)21/h1-6,8H,7H2,(H,20,21)(H,22,23). The zero-order valence-corrected chi connectivity index (χ0v) is 12.8. The van der Waals surface area contributed by atoms with Crippen LogP contribution in [0.5, 0.6) is 0 Å². The summed E-state index contributed by atoms with van der Waals surface area (Å²) in [5.74, 6) is -2.44. The van der Waals surface area contributed by atoms with Crippen LogP contribution in [-0.2, 0) is 17.4 Å². The molecule has 0 heterocycles. The fourth-order valence-corrected chi connectivity index (χ4v) is 2.90. The molecule has 0 radical (unpaired) electrons. The second-order valence-corrected chi connectivity index (χ2v) is 5.95. The number of carboxylic acids is 2. The molecule has 2 aromatic rings. The summed E-state index contributed by atoms with van der Waals surface area (Å²) in [6.45, 7) is 0. The molecule has 0 atom stereocenters. The molecular formula is C16H11F3O4S. The number of aromatic carboxylic acids is 1. The number of hydrogen-bond donors (Lipinski definition) is 2. The topological polar surface area (TPSA) is 74.6 Å². The van der Waals surface area contributed by atoms with Gasteiger partial charge in [-0.1, -0.05) is 23.9 Å². The van der Waals surface area contributed by atoms with Crippen molar-refractivity contribution in [3.05, 3.63) is 59.2 Å². The van der Waals surface area contributed by atoms with Crippen LogP contribution >= 0.6 is 11.8 Å². The fourth-order valence-electron chi connectivity index (χ4n) is 1.95. The molecule has 0 aliphatic carbocycles. The van der Waals surface area contributed by atoms with E-state index in [2.05, 4.69) is 0 Å². The number of carbonyl (C=O) groups is 2. The van der Waals surface area contributed by atoms with E-state index in [1.54, 1.807) is 0 Å². The summed E-state index contributed by atoms with van der Waals surface area (Å²) in [6.07, 6.45) is -4.86. The molecule has 0 aromatic heterocycles. The van der Waals surface area contributed by atoms with Gasteiger partial charge in [0, 0.05) is 9.79 Å². The minimum absolute atomic E-state index is 0.126. The van der Waals surface area contributed by atoms with Crippen molar-refractivity contribution < 1.29 is 33.0 Å². The summed E-state index contributed by atoms with van der Waals surface area (Å²) in [4.78, 5) is 21.8. The zero-order valence-electron chi connectivity index (χ0n) is 12.0. The van der Waals surface area contributed by atoms with Crippen LogP contribution in [0.1, 0.15) is 21.5 Å². The van der Waals surface area contributed by atoms with Crippen LogP contribution < -0.4 is 0 Å². The molecular weight excluding hydrogens is 345 g/mol. The Hall–Kier alpha value is -2.48. The van der Waals surface area contributed by atoms with E-state index in [-0.39, 0.29) is 11.3 Å². The molecule has 0 unspecified atom stereocenters. The molecule has 0 aliphatic heterocycles. The van der Waals surface area contributed by atoms with E-state index in [0.717, 1.165) is 23.9 Å². The number of rotatable bonds is 5. The van der Waals surface area contributed by atoms with Gasteiger partial charge in [-0.15, -0.1) is 0 Å². The van der Waals surface area contributed by atoms with E-state index >= 15 is 0 Å². The Bertz CT molecular complexity index is 770. The molecule has 0 saturated heterocycles. The molecule has 8 heteroatoms. The maximum absolute atomic E-state index is 13.1. The summed E-state index contributed by atoms with van der Waals surface area (Å²) < 4.78 is 39.4. The molecule has 0 aliphatic rings. The first-order chi connectivity index (χ1) is 11.2. The largest absolute Gasteiger partial charge is 0.481 e. The number of hydrogen-bond acceptors (Lipinski definition) is 3. The second-order valence-electron chi connectivity index (χ2n) is 4.83. The van der Waals surface area contributed by atoms with E-state index < -0.39 is 29.2 Å². The lowest BCUT2D eigenvalue weighted by molar-refractivity contribution is -0.140. The molecule has 24 heavy (non-hydrogen) atoms. The van der Waals surface area contributed by atoms with Gasteiger partial charge in [0.2, 0.25) is 0 Å². The Labute approximate surface area is 138 Å². The van der Waals surface area contributed by atoms with Crippen LogP contribution in [0.4, 0.5) is 13.2 Å². The third kappa shape index (κ3) is 4.51. The smallest absolute Gasteiger partial charge is 0.417 e. The number of alkyl halides is 3. The Morgan fingerprint density at radius 3 is 2.12 bits per heavy atom. The van der Waals surface area contributed by atoms with Gasteiger partial charge in [0.05, 0.1) is 17.5 Å². The van der Waals surface area contributed by atoms with Gasteiger partial charge in [-0.3, -0.25) is 4.79 Å². The van der Waals surface area contributed by atoms with E-state index in [0.29, 0.717) is 16.5 Å². The first kappa shape index (κ1) is 17.9. The SMILES string of the molecule is O=C(O)Cc1ccc(Sc2ccc(C(=O)O)cc2C(F)(F)F)cc1. The van der Waals surface area contributed by atoms with Crippen LogP contribution in [0.15, 0.2) is 52.3 Å². The molecule has 2 N–H and O–H groups in total. The maximum atomic E-state index is 13.1. The van der Waals surface area contributed by atoms with Crippen molar-refractivity contribution in [3.8, 4) is 0 Å². The van der Waals surface area contributed by atoms with E-state index in [9.17, 15) is 22.8 Å². The lowest BCUT2D eigenvalue weighted by Gasteiger charge is -2.13. The van der Waals surface area contributed by atoms with Crippen molar-refractivity contribution in [1.82, 2.24) is 0 Å². The van der Waals surface area contributed by atoms with Gasteiger partial charge in [-0.05, 0) is 35.9 Å². The predicted octanol–water partition coefficient (Wildman–Crippen LogP) is 4.18. The highest BCUT2D eigenvalue weighted by Crippen LogP contribution is 2.40. The van der Waals surface area contributed by atoms with Crippen molar-refractivity contribution in [2.24, 2.45) is 0 Å². The summed E-state index contributed by atoms with van der Waals surface area (Å²) in [6, 6.07) is 8.91. The van der Waals surface area contributed by atoms with Crippen LogP contribution in [0.2, 0.25) is 0 Å². The molecule has 2 rings (SSSR count). The molecule has 4 nitrogen and oxygen atoms in total. The number of aliphatic carboxylic acids is 1. The molecule has 0 saturated carbocycles. The monoisotopic (exact) mass is 356 g/mol. The van der Waals surface area contributed by atoms with Gasteiger partial charge in [0.25, 0.3) is 0 Å². The highest BCUT2D eigenvalue weighted by molar-refractivity contribution is 7.99. The Kier molecular flexibility index (Phi) is 5.18. The molecule has 2 aromatic carbocycles. The minimum Gasteiger partial charge on any atom is -0.481 e. The van der Waals surface area contributed by atoms with Crippen molar-refractivity contribution in [2.75, 3.05) is 0 Å². The Balaban J connectivity index is 2.31. The first-order valence-electron chi connectivity index (χ1n) is 6.60. The zero-order chi connectivity index (χ0) is 17.9. The Morgan fingerprint density at radius 2 is 1.62 bits per heavy atom. The highest BCUT2D eigenvalue weighted by atomic mass is 32.2. The first-order valence-corrected chi connectivity index (χ1v) is 7.41. The normalized spacial score (nSPS) is 11.3. The molecule has 0 bridgehead atoms. The van der Waals surface area contributed by atoms with Crippen molar-refractivity contribution in [1.29, 1.82) is 0 Å². The van der Waals surface area contributed by atoms with Crippen molar-refractivity contribution in [2.45, 2.75) is 22.4 Å². The minimum atomic E-state index is -4.68. The van der Waals surface area contributed by atoms with Gasteiger partial charge < -0.3 is 10.2 Å². The molecule has 0 spiro atoms. The predicted molar refractivity (Wildman–Crippen MR) is 80.3 cm³/mol. The lowest BCUT2D eigenvalue weighted by Crippen LogP contribution is -2.09.